The van der Waals surface area contributed by atoms with Crippen LogP contribution in [0.1, 0.15) is 0 Å². The van der Waals surface area contributed by atoms with Crippen molar-refractivity contribution in [3.05, 3.63) is 59.3 Å². The van der Waals surface area contributed by atoms with Crippen LogP contribution in [0.4, 0.5) is 0 Å². The van der Waals surface area contributed by atoms with E-state index in [0.717, 1.165) is 26.7 Å². The highest BCUT2D eigenvalue weighted by molar-refractivity contribution is 7.13. The maximum absolute atomic E-state index is 6.20. The zero-order valence-electron chi connectivity index (χ0n) is 10.1. The van der Waals surface area contributed by atoms with E-state index in [1.807, 2.05) is 42.0 Å². The molecule has 0 atom stereocenters. The molecule has 0 bridgehead atoms. The molecule has 2 aromatic heterocycles. The van der Waals surface area contributed by atoms with Crippen LogP contribution in [0, 0.1) is 0 Å². The van der Waals surface area contributed by atoms with Crippen LogP contribution in [0.15, 0.2) is 54.3 Å². The van der Waals surface area contributed by atoms with Crippen LogP contribution in [0.2, 0.25) is 5.02 Å². The van der Waals surface area contributed by atoms with Crippen LogP contribution < -0.4 is 6.15 Å². The van der Waals surface area contributed by atoms with Gasteiger partial charge in [-0.3, -0.25) is 4.98 Å². The molecule has 5 heteroatoms. The number of hydrogen-bond acceptors (Lipinski definition) is 4. The van der Waals surface area contributed by atoms with Gasteiger partial charge in [0.15, 0.2) is 0 Å². The fourth-order valence-electron chi connectivity index (χ4n) is 1.77. The number of thiazole rings is 1. The van der Waals surface area contributed by atoms with Gasteiger partial charge in [-0.1, -0.05) is 29.8 Å². The van der Waals surface area contributed by atoms with Crippen LogP contribution in [0.3, 0.4) is 0 Å². The van der Waals surface area contributed by atoms with Gasteiger partial charge < -0.3 is 6.15 Å². The zero-order chi connectivity index (χ0) is 12.4. The summed E-state index contributed by atoms with van der Waals surface area (Å²) in [6, 6.07) is 9.83. The lowest BCUT2D eigenvalue weighted by molar-refractivity contribution is 1.31. The first kappa shape index (κ1) is 13.7. The minimum atomic E-state index is 0. The highest BCUT2D eigenvalue weighted by Crippen LogP contribution is 2.30. The molecule has 0 saturated carbocycles. The second kappa shape index (κ2) is 5.93. The molecule has 3 aromatic rings. The van der Waals surface area contributed by atoms with Crippen molar-refractivity contribution in [3.63, 3.8) is 0 Å². The maximum atomic E-state index is 6.20. The van der Waals surface area contributed by atoms with Gasteiger partial charge in [0, 0.05) is 45.7 Å². The zero-order valence-corrected chi connectivity index (χ0v) is 11.7. The molecule has 0 aliphatic rings. The minimum Gasteiger partial charge on any atom is -0.344 e. The number of halogens is 1. The van der Waals surface area contributed by atoms with Crippen molar-refractivity contribution in [3.8, 4) is 21.7 Å². The van der Waals surface area contributed by atoms with Crippen LogP contribution in [-0.2, 0) is 0 Å². The molecule has 1 aromatic carbocycles. The van der Waals surface area contributed by atoms with Gasteiger partial charge in [-0.15, -0.1) is 11.3 Å². The van der Waals surface area contributed by atoms with Gasteiger partial charge in [0.25, 0.3) is 0 Å². The average Bonchev–Trinajstić information content (AvgIpc) is 2.93. The van der Waals surface area contributed by atoms with Crippen LogP contribution in [0.25, 0.3) is 21.7 Å². The summed E-state index contributed by atoms with van der Waals surface area (Å²) in [5.74, 6) is 0. The maximum Gasteiger partial charge on any atom is 0.124 e. The quantitative estimate of drug-likeness (QED) is 0.744. The molecule has 19 heavy (non-hydrogen) atoms. The third-order valence-corrected chi connectivity index (χ3v) is 3.75. The summed E-state index contributed by atoms with van der Waals surface area (Å²) in [6.45, 7) is 0. The Morgan fingerprint density at radius 2 is 1.84 bits per heavy atom. The number of pyridine rings is 1. The second-order valence-electron chi connectivity index (χ2n) is 3.78. The lowest BCUT2D eigenvalue weighted by Crippen LogP contribution is -1.84. The van der Waals surface area contributed by atoms with Crippen molar-refractivity contribution < 1.29 is 0 Å². The van der Waals surface area contributed by atoms with Crippen molar-refractivity contribution in [1.82, 2.24) is 16.1 Å². The molecular weight excluding hydrogens is 278 g/mol. The van der Waals surface area contributed by atoms with E-state index in [1.165, 1.54) is 0 Å². The Balaban J connectivity index is 0.00000133. The van der Waals surface area contributed by atoms with E-state index in [9.17, 15) is 0 Å². The molecule has 2 heterocycles. The lowest BCUT2D eigenvalue weighted by atomic mass is 10.1. The van der Waals surface area contributed by atoms with Gasteiger partial charge in [-0.25, -0.2) is 4.98 Å². The minimum absolute atomic E-state index is 0. The number of hydrogen-bond donors (Lipinski definition) is 1. The molecule has 0 saturated heterocycles. The molecule has 96 valence electrons. The highest BCUT2D eigenvalue weighted by Gasteiger charge is 2.06. The Bertz CT molecular complexity index is 668. The van der Waals surface area contributed by atoms with Crippen LogP contribution in [0.5, 0.6) is 0 Å². The summed E-state index contributed by atoms with van der Waals surface area (Å²) < 4.78 is 0. The van der Waals surface area contributed by atoms with Gasteiger partial charge in [-0.2, -0.15) is 0 Å². The Morgan fingerprint density at radius 1 is 1.05 bits per heavy atom. The monoisotopic (exact) mass is 289 g/mol. The summed E-state index contributed by atoms with van der Waals surface area (Å²) in [7, 11) is 0. The molecule has 0 unspecified atom stereocenters. The first-order valence-corrected chi connectivity index (χ1v) is 6.70. The molecule has 0 fully saturated rings. The van der Waals surface area contributed by atoms with E-state index in [1.54, 1.807) is 17.5 Å². The Kier molecular flexibility index (Phi) is 4.27. The largest absolute Gasteiger partial charge is 0.344 e. The van der Waals surface area contributed by atoms with Crippen molar-refractivity contribution in [2.75, 3.05) is 0 Å². The Labute approximate surface area is 120 Å². The number of nitrogens with zero attached hydrogens (tertiary/aromatic N) is 2. The average molecular weight is 290 g/mol. The molecule has 0 aliphatic heterocycles. The molecule has 0 radical (unpaired) electrons. The van der Waals surface area contributed by atoms with Gasteiger partial charge >= 0.3 is 0 Å². The summed E-state index contributed by atoms with van der Waals surface area (Å²) in [5.41, 5.74) is 3.01. The van der Waals surface area contributed by atoms with E-state index in [0.29, 0.717) is 0 Å². The summed E-state index contributed by atoms with van der Waals surface area (Å²) in [4.78, 5) is 8.56. The molecule has 3 nitrogen and oxygen atoms in total. The van der Waals surface area contributed by atoms with Gasteiger partial charge in [-0.05, 0) is 12.1 Å². The van der Waals surface area contributed by atoms with E-state index in [-0.39, 0.29) is 6.15 Å². The molecular formula is C14H12ClN3S. The summed E-state index contributed by atoms with van der Waals surface area (Å²) >= 11 is 7.80. The predicted molar refractivity (Wildman–Crippen MR) is 80.8 cm³/mol. The number of benzene rings is 1. The predicted octanol–water partition coefficient (Wildman–Crippen LogP) is 4.69. The fourth-order valence-corrected chi connectivity index (χ4v) is 2.63. The number of aromatic nitrogens is 2. The lowest BCUT2D eigenvalue weighted by Gasteiger charge is -2.05. The van der Waals surface area contributed by atoms with Gasteiger partial charge in [0.2, 0.25) is 0 Å². The van der Waals surface area contributed by atoms with Crippen LogP contribution >= 0.6 is 22.9 Å². The summed E-state index contributed by atoms with van der Waals surface area (Å²) in [6.07, 6.45) is 5.43. The molecule has 0 aliphatic carbocycles. The normalized spacial score (nSPS) is 9.95. The molecule has 3 N–H and O–H groups in total. The number of rotatable bonds is 2. The third kappa shape index (κ3) is 2.81. The fraction of sp³-hybridized carbons (Fsp3) is 0. The first-order chi connectivity index (χ1) is 8.84. The smallest absolute Gasteiger partial charge is 0.124 e. The highest BCUT2D eigenvalue weighted by atomic mass is 35.5. The Hall–Kier alpha value is -1.75. The topological polar surface area (TPSA) is 60.8 Å². The van der Waals surface area contributed by atoms with Gasteiger partial charge in [0.05, 0.1) is 0 Å². The van der Waals surface area contributed by atoms with Crippen molar-refractivity contribution in [2.24, 2.45) is 0 Å². The first-order valence-electron chi connectivity index (χ1n) is 5.44. The summed E-state index contributed by atoms with van der Waals surface area (Å²) in [5, 5.41) is 3.66. The van der Waals surface area contributed by atoms with Gasteiger partial charge in [0.1, 0.15) is 5.01 Å². The molecule has 0 spiro atoms. The molecule has 0 amide bonds. The third-order valence-electron chi connectivity index (χ3n) is 2.60. The van der Waals surface area contributed by atoms with E-state index in [4.69, 9.17) is 11.6 Å². The van der Waals surface area contributed by atoms with E-state index in [2.05, 4.69) is 16.0 Å². The van der Waals surface area contributed by atoms with Crippen molar-refractivity contribution in [2.45, 2.75) is 0 Å². The van der Waals surface area contributed by atoms with Crippen molar-refractivity contribution >= 4 is 22.9 Å². The van der Waals surface area contributed by atoms with Crippen LogP contribution in [-0.4, -0.2) is 9.97 Å². The standard InChI is InChI=1S/C14H9ClN2S.H3N/c15-13-4-2-1-3-12(13)10-7-11(9-16-8-10)14-17-5-6-18-14;/h1-9H;1H3. The SMILES string of the molecule is Clc1ccccc1-c1cncc(-c2nccs2)c1.N. The Morgan fingerprint density at radius 3 is 2.58 bits per heavy atom. The second-order valence-corrected chi connectivity index (χ2v) is 5.08. The molecule has 3 rings (SSSR count). The van der Waals surface area contributed by atoms with Crippen molar-refractivity contribution in [1.29, 1.82) is 0 Å². The van der Waals surface area contributed by atoms with E-state index >= 15 is 0 Å². The van der Waals surface area contributed by atoms with E-state index < -0.39 is 0 Å².